The van der Waals surface area contributed by atoms with Crippen molar-refractivity contribution in [3.8, 4) is 0 Å². The molecule has 0 aromatic heterocycles. The fourth-order valence-electron chi connectivity index (χ4n) is 1.92. The smallest absolute Gasteiger partial charge is 0.0586 e. The van der Waals surface area contributed by atoms with E-state index < -0.39 is 0 Å². The molecule has 0 saturated heterocycles. The molecule has 3 nitrogen and oxygen atoms in total. The first-order valence-electron chi connectivity index (χ1n) is 6.25. The predicted molar refractivity (Wildman–Crippen MR) is 64.0 cm³/mol. The van der Waals surface area contributed by atoms with Crippen molar-refractivity contribution in [3.05, 3.63) is 0 Å². The van der Waals surface area contributed by atoms with Crippen LogP contribution in [0.2, 0.25) is 0 Å². The standard InChI is InChI=1S/C12H27NO2/c1-3-5-6-7-8-12(11-15)13(4-2)9-10-14/h12,14-15H,3-11H2,1-2H3. The highest BCUT2D eigenvalue weighted by atomic mass is 16.3. The monoisotopic (exact) mass is 217 g/mol. The van der Waals surface area contributed by atoms with E-state index in [-0.39, 0.29) is 19.3 Å². The van der Waals surface area contributed by atoms with Crippen molar-refractivity contribution in [1.82, 2.24) is 4.90 Å². The third kappa shape index (κ3) is 6.88. The summed E-state index contributed by atoms with van der Waals surface area (Å²) in [5.41, 5.74) is 0. The first-order valence-corrected chi connectivity index (χ1v) is 6.25. The summed E-state index contributed by atoms with van der Waals surface area (Å²) < 4.78 is 0. The summed E-state index contributed by atoms with van der Waals surface area (Å²) in [4.78, 5) is 2.16. The molecule has 3 heteroatoms. The third-order valence-electron chi connectivity index (χ3n) is 2.91. The van der Waals surface area contributed by atoms with Gasteiger partial charge in [0.05, 0.1) is 13.2 Å². The van der Waals surface area contributed by atoms with Gasteiger partial charge in [0.1, 0.15) is 0 Å². The van der Waals surface area contributed by atoms with Crippen LogP contribution < -0.4 is 0 Å². The second-order valence-corrected chi connectivity index (χ2v) is 4.04. The molecule has 0 aliphatic rings. The van der Waals surface area contributed by atoms with Crippen LogP contribution in [-0.2, 0) is 0 Å². The Hall–Kier alpha value is -0.120. The molecule has 1 unspecified atom stereocenters. The highest BCUT2D eigenvalue weighted by molar-refractivity contribution is 4.69. The predicted octanol–water partition coefficient (Wildman–Crippen LogP) is 1.63. The van der Waals surface area contributed by atoms with Gasteiger partial charge in [-0.25, -0.2) is 0 Å². The van der Waals surface area contributed by atoms with Gasteiger partial charge < -0.3 is 10.2 Å². The number of rotatable bonds is 10. The molecule has 0 heterocycles. The van der Waals surface area contributed by atoms with Gasteiger partial charge in [-0.3, -0.25) is 4.90 Å². The van der Waals surface area contributed by atoms with E-state index in [0.29, 0.717) is 6.54 Å². The van der Waals surface area contributed by atoms with Crippen molar-refractivity contribution in [2.75, 3.05) is 26.3 Å². The molecule has 0 aliphatic heterocycles. The Bertz CT molecular complexity index is 131. The van der Waals surface area contributed by atoms with E-state index in [1.165, 1.54) is 25.7 Å². The summed E-state index contributed by atoms with van der Waals surface area (Å²) in [5, 5.41) is 18.2. The van der Waals surface area contributed by atoms with Crippen LogP contribution >= 0.6 is 0 Å². The molecule has 0 bridgehead atoms. The van der Waals surface area contributed by atoms with Crippen molar-refractivity contribution >= 4 is 0 Å². The summed E-state index contributed by atoms with van der Waals surface area (Å²) >= 11 is 0. The van der Waals surface area contributed by atoms with Gasteiger partial charge in [0.15, 0.2) is 0 Å². The molecular weight excluding hydrogens is 190 g/mol. The Morgan fingerprint density at radius 3 is 2.27 bits per heavy atom. The number of hydrogen-bond acceptors (Lipinski definition) is 3. The molecule has 15 heavy (non-hydrogen) atoms. The van der Waals surface area contributed by atoms with Gasteiger partial charge in [-0.15, -0.1) is 0 Å². The topological polar surface area (TPSA) is 43.7 Å². The molecule has 0 aromatic carbocycles. The fraction of sp³-hybridized carbons (Fsp3) is 1.00. The van der Waals surface area contributed by atoms with Gasteiger partial charge in [-0.1, -0.05) is 39.5 Å². The summed E-state index contributed by atoms with van der Waals surface area (Å²) in [7, 11) is 0. The highest BCUT2D eigenvalue weighted by Crippen LogP contribution is 2.10. The Morgan fingerprint density at radius 1 is 1.07 bits per heavy atom. The van der Waals surface area contributed by atoms with Crippen molar-refractivity contribution in [2.45, 2.75) is 52.0 Å². The molecule has 0 rings (SSSR count). The lowest BCUT2D eigenvalue weighted by Crippen LogP contribution is -2.39. The number of nitrogens with zero attached hydrogens (tertiary/aromatic N) is 1. The molecule has 0 aromatic rings. The Labute approximate surface area is 94.1 Å². The average molecular weight is 217 g/mol. The molecular formula is C12H27NO2. The summed E-state index contributed by atoms with van der Waals surface area (Å²) in [6.45, 7) is 6.24. The maximum Gasteiger partial charge on any atom is 0.0586 e. The van der Waals surface area contributed by atoms with Crippen LogP contribution in [0.5, 0.6) is 0 Å². The number of aliphatic hydroxyl groups excluding tert-OH is 2. The van der Waals surface area contributed by atoms with Gasteiger partial charge in [0.25, 0.3) is 0 Å². The molecule has 1 atom stereocenters. The zero-order valence-electron chi connectivity index (χ0n) is 10.3. The number of likely N-dealkylation sites (N-methyl/N-ethyl adjacent to an activating group) is 1. The van der Waals surface area contributed by atoms with E-state index in [2.05, 4.69) is 18.7 Å². The van der Waals surface area contributed by atoms with E-state index >= 15 is 0 Å². The minimum Gasteiger partial charge on any atom is -0.395 e. The molecule has 0 aliphatic carbocycles. The quantitative estimate of drug-likeness (QED) is 0.547. The average Bonchev–Trinajstić information content (AvgIpc) is 2.27. The summed E-state index contributed by atoms with van der Waals surface area (Å²) in [5.74, 6) is 0. The van der Waals surface area contributed by atoms with Crippen molar-refractivity contribution in [1.29, 1.82) is 0 Å². The zero-order chi connectivity index (χ0) is 11.5. The van der Waals surface area contributed by atoms with E-state index in [1.807, 2.05) is 0 Å². The Morgan fingerprint density at radius 2 is 1.80 bits per heavy atom. The van der Waals surface area contributed by atoms with E-state index in [0.717, 1.165) is 13.0 Å². The molecule has 2 N–H and O–H groups in total. The summed E-state index contributed by atoms with van der Waals surface area (Å²) in [6, 6.07) is 0.235. The maximum absolute atomic E-state index is 9.29. The van der Waals surface area contributed by atoms with Crippen LogP contribution in [0.4, 0.5) is 0 Å². The van der Waals surface area contributed by atoms with Crippen molar-refractivity contribution < 1.29 is 10.2 Å². The fourth-order valence-corrected chi connectivity index (χ4v) is 1.92. The van der Waals surface area contributed by atoms with Crippen molar-refractivity contribution in [3.63, 3.8) is 0 Å². The normalized spacial score (nSPS) is 13.4. The minimum absolute atomic E-state index is 0.180. The second kappa shape index (κ2) is 10.4. The van der Waals surface area contributed by atoms with Gasteiger partial charge in [0.2, 0.25) is 0 Å². The molecule has 0 spiro atoms. The Kier molecular flexibility index (Phi) is 10.3. The lowest BCUT2D eigenvalue weighted by Gasteiger charge is -2.28. The number of unbranched alkanes of at least 4 members (excludes halogenated alkanes) is 3. The molecule has 92 valence electrons. The minimum atomic E-state index is 0.180. The maximum atomic E-state index is 9.29. The van der Waals surface area contributed by atoms with Gasteiger partial charge >= 0.3 is 0 Å². The van der Waals surface area contributed by atoms with Gasteiger partial charge in [0, 0.05) is 12.6 Å². The van der Waals surface area contributed by atoms with Gasteiger partial charge in [-0.2, -0.15) is 0 Å². The van der Waals surface area contributed by atoms with E-state index in [1.54, 1.807) is 0 Å². The summed E-state index contributed by atoms with van der Waals surface area (Å²) in [6.07, 6.45) is 6.01. The lowest BCUT2D eigenvalue weighted by atomic mass is 10.1. The molecule has 0 fully saturated rings. The van der Waals surface area contributed by atoms with Crippen LogP contribution in [0.25, 0.3) is 0 Å². The van der Waals surface area contributed by atoms with E-state index in [9.17, 15) is 5.11 Å². The highest BCUT2D eigenvalue weighted by Gasteiger charge is 2.14. The third-order valence-corrected chi connectivity index (χ3v) is 2.91. The van der Waals surface area contributed by atoms with Crippen LogP contribution in [0.3, 0.4) is 0 Å². The first kappa shape index (κ1) is 14.9. The molecule has 0 saturated carbocycles. The number of aliphatic hydroxyl groups is 2. The van der Waals surface area contributed by atoms with Crippen LogP contribution in [0.15, 0.2) is 0 Å². The van der Waals surface area contributed by atoms with E-state index in [4.69, 9.17) is 5.11 Å². The lowest BCUT2D eigenvalue weighted by molar-refractivity contribution is 0.0990. The SMILES string of the molecule is CCCCCCC(CO)N(CC)CCO. The van der Waals surface area contributed by atoms with Crippen LogP contribution in [0.1, 0.15) is 46.0 Å². The number of hydrogen-bond donors (Lipinski definition) is 2. The molecule has 0 radical (unpaired) electrons. The largest absolute Gasteiger partial charge is 0.395 e. The Balaban J connectivity index is 3.76. The first-order chi connectivity index (χ1) is 7.29. The zero-order valence-corrected chi connectivity index (χ0v) is 10.3. The van der Waals surface area contributed by atoms with Crippen molar-refractivity contribution in [2.24, 2.45) is 0 Å². The molecule has 0 amide bonds. The van der Waals surface area contributed by atoms with Gasteiger partial charge in [-0.05, 0) is 13.0 Å². The second-order valence-electron chi connectivity index (χ2n) is 4.04. The van der Waals surface area contributed by atoms with Crippen LogP contribution in [-0.4, -0.2) is 47.5 Å². The van der Waals surface area contributed by atoms with Crippen LogP contribution in [0, 0.1) is 0 Å².